The SMILES string of the molecule is C1=CCN2C(=C1)C=Cc1ccccc12. The molecule has 0 fully saturated rings. The Morgan fingerprint density at radius 1 is 1.07 bits per heavy atom. The molecule has 0 aliphatic carbocycles. The third-order valence-electron chi connectivity index (χ3n) is 2.66. The fourth-order valence-corrected chi connectivity index (χ4v) is 1.96. The molecule has 0 saturated carbocycles. The molecular weight excluding hydrogens is 170 g/mol. The lowest BCUT2D eigenvalue weighted by Crippen LogP contribution is -2.25. The lowest BCUT2D eigenvalue weighted by atomic mass is 10.0. The Bertz CT molecular complexity index is 452. The van der Waals surface area contributed by atoms with Gasteiger partial charge in [-0.15, -0.1) is 0 Å². The van der Waals surface area contributed by atoms with E-state index in [2.05, 4.69) is 59.5 Å². The number of hydrogen-bond donors (Lipinski definition) is 0. The smallest absolute Gasteiger partial charge is 0.0487 e. The quantitative estimate of drug-likeness (QED) is 0.594. The zero-order chi connectivity index (χ0) is 9.38. The number of para-hydroxylation sites is 1. The number of benzene rings is 1. The van der Waals surface area contributed by atoms with Crippen molar-refractivity contribution in [2.45, 2.75) is 0 Å². The molecule has 1 nitrogen and oxygen atoms in total. The Labute approximate surface area is 83.7 Å². The third kappa shape index (κ3) is 1.02. The molecule has 0 saturated heterocycles. The van der Waals surface area contributed by atoms with Gasteiger partial charge in [-0.3, -0.25) is 0 Å². The van der Waals surface area contributed by atoms with Crippen molar-refractivity contribution in [2.24, 2.45) is 0 Å². The molecule has 0 radical (unpaired) electrons. The molecule has 3 rings (SSSR count). The summed E-state index contributed by atoms with van der Waals surface area (Å²) in [6.07, 6.45) is 10.8. The van der Waals surface area contributed by atoms with Crippen LogP contribution in [-0.4, -0.2) is 6.54 Å². The predicted octanol–water partition coefficient (Wildman–Crippen LogP) is 2.97. The van der Waals surface area contributed by atoms with E-state index in [0.29, 0.717) is 0 Å². The van der Waals surface area contributed by atoms with Gasteiger partial charge in [0.2, 0.25) is 0 Å². The van der Waals surface area contributed by atoms with Gasteiger partial charge in [0.25, 0.3) is 0 Å². The van der Waals surface area contributed by atoms with Crippen LogP contribution in [0.1, 0.15) is 5.56 Å². The van der Waals surface area contributed by atoms with E-state index in [4.69, 9.17) is 0 Å². The fraction of sp³-hybridized carbons (Fsp3) is 0.0769. The Balaban J connectivity index is 2.18. The largest absolute Gasteiger partial charge is 0.337 e. The first kappa shape index (κ1) is 7.63. The van der Waals surface area contributed by atoms with E-state index < -0.39 is 0 Å². The van der Waals surface area contributed by atoms with Crippen molar-refractivity contribution in [2.75, 3.05) is 11.4 Å². The normalized spacial score (nSPS) is 17.4. The van der Waals surface area contributed by atoms with Crippen LogP contribution in [0.15, 0.2) is 54.3 Å². The molecule has 0 bridgehead atoms. The van der Waals surface area contributed by atoms with Crippen LogP contribution in [0.3, 0.4) is 0 Å². The predicted molar refractivity (Wildman–Crippen MR) is 60.0 cm³/mol. The molecule has 68 valence electrons. The number of hydrogen-bond acceptors (Lipinski definition) is 1. The standard InChI is InChI=1S/C13H11N/c1-2-7-13-11(5-1)8-9-12-6-3-4-10-14(12)13/h1-9H,10H2. The average Bonchev–Trinajstić information content (AvgIpc) is 2.29. The van der Waals surface area contributed by atoms with Gasteiger partial charge in [0, 0.05) is 17.9 Å². The van der Waals surface area contributed by atoms with E-state index in [-0.39, 0.29) is 0 Å². The summed E-state index contributed by atoms with van der Waals surface area (Å²) >= 11 is 0. The van der Waals surface area contributed by atoms with Gasteiger partial charge in [-0.05, 0) is 23.8 Å². The molecule has 1 aromatic rings. The first-order valence-electron chi connectivity index (χ1n) is 4.87. The molecule has 2 aliphatic rings. The van der Waals surface area contributed by atoms with Crippen LogP contribution in [-0.2, 0) is 0 Å². The second-order valence-electron chi connectivity index (χ2n) is 3.52. The summed E-state index contributed by atoms with van der Waals surface area (Å²) in [7, 11) is 0. The minimum Gasteiger partial charge on any atom is -0.337 e. The number of nitrogens with zero attached hydrogens (tertiary/aromatic N) is 1. The topological polar surface area (TPSA) is 3.24 Å². The molecule has 1 heteroatoms. The van der Waals surface area contributed by atoms with Gasteiger partial charge in [-0.2, -0.15) is 0 Å². The van der Waals surface area contributed by atoms with Crippen LogP contribution >= 0.6 is 0 Å². The summed E-state index contributed by atoms with van der Waals surface area (Å²) < 4.78 is 0. The molecule has 1 aromatic carbocycles. The first-order chi connectivity index (χ1) is 6.95. The summed E-state index contributed by atoms with van der Waals surface area (Å²) in [5.74, 6) is 0. The maximum absolute atomic E-state index is 2.33. The van der Waals surface area contributed by atoms with Gasteiger partial charge in [0.1, 0.15) is 0 Å². The first-order valence-corrected chi connectivity index (χ1v) is 4.87. The second kappa shape index (κ2) is 2.88. The molecule has 0 spiro atoms. The number of allylic oxidation sites excluding steroid dienone is 3. The molecule has 2 heterocycles. The average molecular weight is 181 g/mol. The summed E-state index contributed by atoms with van der Waals surface area (Å²) in [5.41, 5.74) is 3.90. The maximum Gasteiger partial charge on any atom is 0.0487 e. The van der Waals surface area contributed by atoms with Crippen LogP contribution in [0, 0.1) is 0 Å². The highest BCUT2D eigenvalue weighted by molar-refractivity contribution is 5.77. The molecule has 2 aliphatic heterocycles. The number of anilines is 1. The van der Waals surface area contributed by atoms with Crippen LogP contribution in [0.5, 0.6) is 0 Å². The van der Waals surface area contributed by atoms with E-state index >= 15 is 0 Å². The van der Waals surface area contributed by atoms with Crippen molar-refractivity contribution in [3.8, 4) is 0 Å². The highest BCUT2D eigenvalue weighted by Gasteiger charge is 2.16. The second-order valence-corrected chi connectivity index (χ2v) is 3.52. The van der Waals surface area contributed by atoms with Crippen LogP contribution in [0.2, 0.25) is 0 Å². The van der Waals surface area contributed by atoms with Gasteiger partial charge < -0.3 is 4.90 Å². The lowest BCUT2D eigenvalue weighted by Gasteiger charge is -2.30. The summed E-state index contributed by atoms with van der Waals surface area (Å²) in [6, 6.07) is 8.50. The highest BCUT2D eigenvalue weighted by atomic mass is 15.1. The van der Waals surface area contributed by atoms with E-state index in [1.807, 2.05) is 0 Å². The van der Waals surface area contributed by atoms with Crippen LogP contribution in [0.4, 0.5) is 5.69 Å². The molecule has 0 N–H and O–H groups in total. The Kier molecular flexibility index (Phi) is 1.57. The van der Waals surface area contributed by atoms with E-state index in [1.54, 1.807) is 0 Å². The monoisotopic (exact) mass is 181 g/mol. The van der Waals surface area contributed by atoms with Gasteiger partial charge in [0.15, 0.2) is 0 Å². The van der Waals surface area contributed by atoms with Gasteiger partial charge in [0.05, 0.1) is 0 Å². The van der Waals surface area contributed by atoms with Crippen LogP contribution < -0.4 is 4.90 Å². The lowest BCUT2D eigenvalue weighted by molar-refractivity contribution is 1.02. The maximum atomic E-state index is 2.33. The molecule has 0 unspecified atom stereocenters. The van der Waals surface area contributed by atoms with E-state index in [0.717, 1.165) is 6.54 Å². The summed E-state index contributed by atoms with van der Waals surface area (Å²) in [4.78, 5) is 2.33. The Morgan fingerprint density at radius 2 is 2.00 bits per heavy atom. The van der Waals surface area contributed by atoms with Crippen molar-refractivity contribution < 1.29 is 0 Å². The molecule has 0 amide bonds. The highest BCUT2D eigenvalue weighted by Crippen LogP contribution is 2.31. The minimum atomic E-state index is 0.979. The molecule has 0 atom stereocenters. The van der Waals surface area contributed by atoms with E-state index in [1.165, 1.54) is 16.9 Å². The molecule has 14 heavy (non-hydrogen) atoms. The van der Waals surface area contributed by atoms with Gasteiger partial charge in [-0.1, -0.05) is 36.4 Å². The molecular formula is C13H11N. The number of rotatable bonds is 0. The van der Waals surface area contributed by atoms with Crippen molar-refractivity contribution in [3.63, 3.8) is 0 Å². The third-order valence-corrected chi connectivity index (χ3v) is 2.66. The minimum absolute atomic E-state index is 0.979. The van der Waals surface area contributed by atoms with E-state index in [9.17, 15) is 0 Å². The van der Waals surface area contributed by atoms with Crippen molar-refractivity contribution in [1.29, 1.82) is 0 Å². The molecule has 0 aromatic heterocycles. The Hall–Kier alpha value is -1.76. The summed E-state index contributed by atoms with van der Waals surface area (Å²) in [6.45, 7) is 0.979. The van der Waals surface area contributed by atoms with Crippen molar-refractivity contribution >= 4 is 11.8 Å². The van der Waals surface area contributed by atoms with Crippen LogP contribution in [0.25, 0.3) is 6.08 Å². The van der Waals surface area contributed by atoms with Gasteiger partial charge in [-0.25, -0.2) is 0 Å². The van der Waals surface area contributed by atoms with Gasteiger partial charge >= 0.3 is 0 Å². The zero-order valence-electron chi connectivity index (χ0n) is 7.85. The number of fused-ring (bicyclic) bond motifs is 3. The van der Waals surface area contributed by atoms with Crippen molar-refractivity contribution in [1.82, 2.24) is 0 Å². The van der Waals surface area contributed by atoms with Crippen molar-refractivity contribution in [3.05, 3.63) is 59.8 Å². The zero-order valence-corrected chi connectivity index (χ0v) is 7.85. The fourth-order valence-electron chi connectivity index (χ4n) is 1.96. The summed E-state index contributed by atoms with van der Waals surface area (Å²) in [5, 5.41) is 0. The Morgan fingerprint density at radius 3 is 3.00 bits per heavy atom.